The Morgan fingerprint density at radius 1 is 1.05 bits per heavy atom. The third kappa shape index (κ3) is 4.99. The lowest BCUT2D eigenvalue weighted by Gasteiger charge is -2.30. The minimum Gasteiger partial charge on any atom is -0.352 e. The van der Waals surface area contributed by atoms with Crippen molar-refractivity contribution in [1.29, 1.82) is 0 Å². The average Bonchev–Trinajstić information content (AvgIpc) is 3.49. The van der Waals surface area contributed by atoms with Crippen LogP contribution in [0.5, 0.6) is 0 Å². The number of carbonyl (C=O) groups excluding carboxylic acids is 2. The Bertz CT molecular complexity index is 1460. The number of carbonyl (C=O) groups is 2. The topological polar surface area (TPSA) is 86.8 Å². The lowest BCUT2D eigenvalue weighted by molar-refractivity contribution is -0.141. The average molecular weight is 538 g/mol. The molecule has 0 spiro atoms. The first kappa shape index (κ1) is 26.2. The van der Waals surface area contributed by atoms with Gasteiger partial charge in [0.05, 0.1) is 10.6 Å². The molecule has 1 aliphatic carbocycles. The molecule has 0 saturated heterocycles. The van der Waals surface area contributed by atoms with Crippen molar-refractivity contribution in [2.75, 3.05) is 10.8 Å². The molecular weight excluding hydrogens is 505 g/mol. The number of anilines is 1. The van der Waals surface area contributed by atoms with Crippen LogP contribution in [0, 0.1) is 5.82 Å². The zero-order valence-electron chi connectivity index (χ0n) is 21.4. The molecule has 3 aromatic carbocycles. The fourth-order valence-electron chi connectivity index (χ4n) is 5.50. The van der Waals surface area contributed by atoms with E-state index < -0.39 is 21.9 Å². The molecule has 0 bridgehead atoms. The van der Waals surface area contributed by atoms with Crippen molar-refractivity contribution < 1.29 is 22.4 Å². The fraction of sp³-hybridized carbons (Fsp3) is 0.379. The number of halogens is 1. The van der Waals surface area contributed by atoms with Gasteiger partial charge in [0.25, 0.3) is 10.0 Å². The number of nitrogens with one attached hydrogen (secondary N) is 1. The Kier molecular flexibility index (Phi) is 7.38. The summed E-state index contributed by atoms with van der Waals surface area (Å²) in [5.74, 6) is -1.02. The summed E-state index contributed by atoms with van der Waals surface area (Å²) < 4.78 is 42.3. The second-order valence-corrected chi connectivity index (χ2v) is 11.9. The Morgan fingerprint density at radius 2 is 1.76 bits per heavy atom. The normalized spacial score (nSPS) is 17.1. The monoisotopic (exact) mass is 537 g/mol. The highest BCUT2D eigenvalue weighted by atomic mass is 32.2. The van der Waals surface area contributed by atoms with E-state index >= 15 is 0 Å². The van der Waals surface area contributed by atoms with E-state index in [1.165, 1.54) is 15.3 Å². The van der Waals surface area contributed by atoms with Crippen molar-refractivity contribution in [1.82, 2.24) is 10.2 Å². The highest BCUT2D eigenvalue weighted by molar-refractivity contribution is 7.93. The SMILES string of the molecule is C[C@@H](C(=O)NC1CCCC1)N(Cc1ccccc1F)C(=O)CCCN1c2cccc3cccc(c23)S1(=O)=O. The highest BCUT2D eigenvalue weighted by Crippen LogP contribution is 2.42. The van der Waals surface area contributed by atoms with Gasteiger partial charge in [-0.15, -0.1) is 0 Å². The summed E-state index contributed by atoms with van der Waals surface area (Å²) in [5, 5.41) is 4.57. The Morgan fingerprint density at radius 3 is 2.50 bits per heavy atom. The van der Waals surface area contributed by atoms with Crippen LogP contribution in [0.25, 0.3) is 10.8 Å². The van der Waals surface area contributed by atoms with Crippen LogP contribution in [0.4, 0.5) is 10.1 Å². The third-order valence-corrected chi connectivity index (χ3v) is 9.46. The second kappa shape index (κ2) is 10.7. The summed E-state index contributed by atoms with van der Waals surface area (Å²) in [7, 11) is -3.72. The van der Waals surface area contributed by atoms with Crippen LogP contribution >= 0.6 is 0 Å². The van der Waals surface area contributed by atoms with E-state index in [2.05, 4.69) is 5.32 Å². The van der Waals surface area contributed by atoms with Crippen molar-refractivity contribution in [2.45, 2.75) is 69.0 Å². The summed E-state index contributed by atoms with van der Waals surface area (Å²) in [6.45, 7) is 1.74. The van der Waals surface area contributed by atoms with Gasteiger partial charge in [-0.3, -0.25) is 13.9 Å². The zero-order chi connectivity index (χ0) is 26.9. The van der Waals surface area contributed by atoms with Gasteiger partial charge in [0.2, 0.25) is 11.8 Å². The molecule has 9 heteroatoms. The summed E-state index contributed by atoms with van der Waals surface area (Å²) in [4.78, 5) is 28.1. The molecule has 2 amide bonds. The van der Waals surface area contributed by atoms with E-state index in [1.807, 2.05) is 18.2 Å². The van der Waals surface area contributed by atoms with Gasteiger partial charge in [0.1, 0.15) is 11.9 Å². The number of hydrogen-bond donors (Lipinski definition) is 1. The number of sulfonamides is 1. The first-order chi connectivity index (χ1) is 18.3. The van der Waals surface area contributed by atoms with Gasteiger partial charge in [-0.1, -0.05) is 55.3 Å². The maximum Gasteiger partial charge on any atom is 0.265 e. The number of nitrogens with zero attached hydrogens (tertiary/aromatic N) is 2. The lowest BCUT2D eigenvalue weighted by Crippen LogP contribution is -2.49. The van der Waals surface area contributed by atoms with E-state index in [1.54, 1.807) is 43.3 Å². The van der Waals surface area contributed by atoms with E-state index in [0.29, 0.717) is 16.6 Å². The van der Waals surface area contributed by atoms with Crippen molar-refractivity contribution >= 4 is 38.3 Å². The highest BCUT2D eigenvalue weighted by Gasteiger charge is 2.35. The first-order valence-corrected chi connectivity index (χ1v) is 14.6. The van der Waals surface area contributed by atoms with Crippen LogP contribution in [-0.2, 0) is 26.2 Å². The molecule has 0 unspecified atom stereocenters. The van der Waals surface area contributed by atoms with E-state index in [9.17, 15) is 22.4 Å². The molecule has 38 heavy (non-hydrogen) atoms. The van der Waals surface area contributed by atoms with Crippen molar-refractivity contribution in [3.63, 3.8) is 0 Å². The molecule has 5 rings (SSSR count). The standard InChI is InChI=1S/C29H32FN3O4S/c1-20(29(35)31-23-12-3-4-13-23)32(19-22-9-2-5-14-24(22)30)27(34)17-8-18-33-25-15-6-10-21-11-7-16-26(28(21)25)38(33,36)37/h2,5-7,9-11,14-16,20,23H,3-4,8,12-13,17-19H2,1H3,(H,31,35)/t20-/m0/s1. The van der Waals surface area contributed by atoms with Crippen LogP contribution in [0.3, 0.4) is 0 Å². The third-order valence-electron chi connectivity index (χ3n) is 7.60. The van der Waals surface area contributed by atoms with Gasteiger partial charge in [0.15, 0.2) is 0 Å². The minimum absolute atomic E-state index is 0.0217. The molecule has 200 valence electrons. The van der Waals surface area contributed by atoms with Crippen LogP contribution in [-0.4, -0.2) is 43.8 Å². The number of hydrogen-bond acceptors (Lipinski definition) is 4. The van der Waals surface area contributed by atoms with Gasteiger partial charge in [-0.25, -0.2) is 12.8 Å². The molecular formula is C29H32FN3O4S. The number of rotatable bonds is 9. The lowest BCUT2D eigenvalue weighted by atomic mass is 10.1. The summed E-state index contributed by atoms with van der Waals surface area (Å²) in [6, 6.07) is 16.2. The molecule has 1 N–H and O–H groups in total. The molecule has 3 aromatic rings. The summed E-state index contributed by atoms with van der Waals surface area (Å²) in [6.07, 6.45) is 4.24. The quantitative estimate of drug-likeness (QED) is 0.427. The number of benzene rings is 3. The van der Waals surface area contributed by atoms with Gasteiger partial charge < -0.3 is 10.2 Å². The van der Waals surface area contributed by atoms with Crippen LogP contribution in [0.1, 0.15) is 51.0 Å². The molecule has 1 atom stereocenters. The predicted octanol–water partition coefficient (Wildman–Crippen LogP) is 4.74. The largest absolute Gasteiger partial charge is 0.352 e. The summed E-state index contributed by atoms with van der Waals surface area (Å²) >= 11 is 0. The maximum absolute atomic E-state index is 14.5. The molecule has 1 heterocycles. The summed E-state index contributed by atoms with van der Waals surface area (Å²) in [5.41, 5.74) is 0.934. The second-order valence-electron chi connectivity index (χ2n) is 10.1. The van der Waals surface area contributed by atoms with Crippen molar-refractivity contribution in [3.8, 4) is 0 Å². The van der Waals surface area contributed by atoms with Gasteiger partial charge in [-0.05, 0) is 49.8 Å². The van der Waals surface area contributed by atoms with Crippen LogP contribution < -0.4 is 9.62 Å². The number of amides is 2. The maximum atomic E-state index is 14.5. The first-order valence-electron chi connectivity index (χ1n) is 13.1. The van der Waals surface area contributed by atoms with E-state index in [-0.39, 0.29) is 48.7 Å². The molecule has 7 nitrogen and oxygen atoms in total. The van der Waals surface area contributed by atoms with Crippen LogP contribution in [0.15, 0.2) is 65.6 Å². The molecule has 2 aliphatic rings. The molecule has 1 fully saturated rings. The molecule has 0 radical (unpaired) electrons. The Balaban J connectivity index is 1.30. The van der Waals surface area contributed by atoms with Crippen molar-refractivity contribution in [3.05, 3.63) is 72.0 Å². The van der Waals surface area contributed by atoms with Gasteiger partial charge in [0, 0.05) is 36.5 Å². The molecule has 0 aromatic heterocycles. The Hall–Kier alpha value is -3.46. The smallest absolute Gasteiger partial charge is 0.265 e. The molecule has 1 saturated carbocycles. The fourth-order valence-corrected chi connectivity index (χ4v) is 7.25. The van der Waals surface area contributed by atoms with Gasteiger partial charge in [-0.2, -0.15) is 0 Å². The Labute approximate surface area is 222 Å². The zero-order valence-corrected chi connectivity index (χ0v) is 22.2. The van der Waals surface area contributed by atoms with Gasteiger partial charge >= 0.3 is 0 Å². The molecule has 1 aliphatic heterocycles. The van der Waals surface area contributed by atoms with E-state index in [4.69, 9.17) is 0 Å². The predicted molar refractivity (Wildman–Crippen MR) is 145 cm³/mol. The van der Waals surface area contributed by atoms with Crippen molar-refractivity contribution in [2.24, 2.45) is 0 Å². The van der Waals surface area contributed by atoms with E-state index in [0.717, 1.165) is 31.1 Å². The van der Waals surface area contributed by atoms with Crippen LogP contribution in [0.2, 0.25) is 0 Å². The minimum atomic E-state index is -3.72.